The number of aryl methyl sites for hydroxylation is 1. The third-order valence-corrected chi connectivity index (χ3v) is 4.13. The van der Waals surface area contributed by atoms with Gasteiger partial charge in [-0.2, -0.15) is 4.98 Å². The zero-order valence-electron chi connectivity index (χ0n) is 13.5. The molecule has 26 heavy (non-hydrogen) atoms. The number of carbonyl (C=O) groups excluding carboxylic acids is 2. The number of amides is 1. The third kappa shape index (κ3) is 4.73. The predicted molar refractivity (Wildman–Crippen MR) is 91.9 cm³/mol. The number of anilines is 1. The van der Waals surface area contributed by atoms with E-state index in [1.54, 1.807) is 6.07 Å². The summed E-state index contributed by atoms with van der Waals surface area (Å²) in [6, 6.07) is 9.46. The molecule has 0 aliphatic heterocycles. The molecular formula is C17H14FN3O4S. The van der Waals surface area contributed by atoms with Crippen LogP contribution in [0.1, 0.15) is 12.3 Å². The van der Waals surface area contributed by atoms with E-state index in [0.29, 0.717) is 11.7 Å². The van der Waals surface area contributed by atoms with Crippen molar-refractivity contribution in [3.05, 3.63) is 53.5 Å². The summed E-state index contributed by atoms with van der Waals surface area (Å²) < 4.78 is 23.3. The molecular weight excluding hydrogens is 361 g/mol. The van der Waals surface area contributed by atoms with E-state index in [1.165, 1.54) is 29.5 Å². The molecule has 0 unspecified atom stereocenters. The first kappa shape index (κ1) is 17.7. The van der Waals surface area contributed by atoms with Crippen molar-refractivity contribution in [3.8, 4) is 10.7 Å². The minimum Gasteiger partial charge on any atom is -0.456 e. The summed E-state index contributed by atoms with van der Waals surface area (Å²) in [4.78, 5) is 28.5. The van der Waals surface area contributed by atoms with Crippen molar-refractivity contribution in [2.75, 3.05) is 11.9 Å². The Bertz CT molecular complexity index is 895. The van der Waals surface area contributed by atoms with E-state index in [-0.39, 0.29) is 18.5 Å². The van der Waals surface area contributed by atoms with Crippen molar-refractivity contribution in [1.29, 1.82) is 0 Å². The first-order valence-electron chi connectivity index (χ1n) is 7.68. The lowest BCUT2D eigenvalue weighted by molar-refractivity contribution is -0.147. The Morgan fingerprint density at radius 3 is 2.85 bits per heavy atom. The Kier molecular flexibility index (Phi) is 5.69. The van der Waals surface area contributed by atoms with E-state index in [4.69, 9.17) is 9.26 Å². The molecule has 0 saturated heterocycles. The van der Waals surface area contributed by atoms with Crippen molar-refractivity contribution in [2.45, 2.75) is 12.8 Å². The second-order valence-corrected chi connectivity index (χ2v) is 6.13. The molecule has 0 fully saturated rings. The highest BCUT2D eigenvalue weighted by Gasteiger charge is 2.13. The predicted octanol–water partition coefficient (Wildman–Crippen LogP) is 3.05. The molecule has 1 N–H and O–H groups in total. The summed E-state index contributed by atoms with van der Waals surface area (Å²) in [6.45, 7) is -0.503. The Morgan fingerprint density at radius 2 is 2.08 bits per heavy atom. The number of nitrogens with one attached hydrogen (secondary N) is 1. The van der Waals surface area contributed by atoms with Crippen molar-refractivity contribution in [3.63, 3.8) is 0 Å². The Balaban J connectivity index is 1.42. The van der Waals surface area contributed by atoms with Crippen LogP contribution in [0.4, 0.5) is 10.1 Å². The zero-order valence-corrected chi connectivity index (χ0v) is 14.3. The van der Waals surface area contributed by atoms with Gasteiger partial charge in [-0.25, -0.2) is 4.39 Å². The van der Waals surface area contributed by atoms with Gasteiger partial charge in [0.1, 0.15) is 5.82 Å². The summed E-state index contributed by atoms with van der Waals surface area (Å²) >= 11 is 1.48. The highest BCUT2D eigenvalue weighted by Crippen LogP contribution is 2.21. The zero-order chi connectivity index (χ0) is 18.4. The number of hydrogen-bond acceptors (Lipinski definition) is 7. The summed E-state index contributed by atoms with van der Waals surface area (Å²) in [5, 5.41) is 8.06. The Morgan fingerprint density at radius 1 is 1.23 bits per heavy atom. The van der Waals surface area contributed by atoms with Gasteiger partial charge in [0.15, 0.2) is 6.61 Å². The molecule has 9 heteroatoms. The van der Waals surface area contributed by atoms with Crippen LogP contribution in [-0.4, -0.2) is 28.6 Å². The average molecular weight is 375 g/mol. The molecule has 0 spiro atoms. The second kappa shape index (κ2) is 8.34. The summed E-state index contributed by atoms with van der Waals surface area (Å²) in [5.74, 6) is -1.01. The molecule has 0 aliphatic carbocycles. The number of halogens is 1. The molecule has 134 valence electrons. The molecule has 0 bridgehead atoms. The molecule has 0 atom stereocenters. The first-order valence-corrected chi connectivity index (χ1v) is 8.56. The van der Waals surface area contributed by atoms with E-state index < -0.39 is 24.3 Å². The van der Waals surface area contributed by atoms with Gasteiger partial charge < -0.3 is 14.6 Å². The lowest BCUT2D eigenvalue weighted by atomic mass is 10.3. The van der Waals surface area contributed by atoms with Gasteiger partial charge in [0, 0.05) is 6.42 Å². The van der Waals surface area contributed by atoms with Crippen LogP contribution < -0.4 is 5.32 Å². The molecule has 0 saturated carbocycles. The fraction of sp³-hybridized carbons (Fsp3) is 0.176. The second-order valence-electron chi connectivity index (χ2n) is 5.18. The molecule has 0 aliphatic rings. The van der Waals surface area contributed by atoms with Crippen molar-refractivity contribution in [1.82, 2.24) is 10.1 Å². The number of ether oxygens (including phenoxy) is 1. The van der Waals surface area contributed by atoms with E-state index in [0.717, 1.165) is 4.88 Å². The Labute approximate surface area is 151 Å². The minimum atomic E-state index is -0.624. The van der Waals surface area contributed by atoms with Gasteiger partial charge in [0.05, 0.1) is 17.0 Å². The van der Waals surface area contributed by atoms with Crippen LogP contribution in [0.25, 0.3) is 10.7 Å². The van der Waals surface area contributed by atoms with E-state index in [9.17, 15) is 14.0 Å². The van der Waals surface area contributed by atoms with Crippen LogP contribution in [-0.2, 0) is 20.7 Å². The number of thiophene rings is 1. The van der Waals surface area contributed by atoms with Gasteiger partial charge in [-0.15, -0.1) is 11.3 Å². The number of rotatable bonds is 7. The molecule has 0 radical (unpaired) electrons. The molecule has 1 amide bonds. The highest BCUT2D eigenvalue weighted by molar-refractivity contribution is 7.13. The van der Waals surface area contributed by atoms with Gasteiger partial charge in [-0.05, 0) is 23.6 Å². The normalized spacial score (nSPS) is 10.5. The van der Waals surface area contributed by atoms with Crippen molar-refractivity contribution < 1.29 is 23.2 Å². The lowest BCUT2D eigenvalue weighted by Crippen LogP contribution is -2.21. The largest absolute Gasteiger partial charge is 0.456 e. The molecule has 7 nitrogen and oxygen atoms in total. The Hall–Kier alpha value is -3.07. The van der Waals surface area contributed by atoms with Crippen LogP contribution in [0.2, 0.25) is 0 Å². The van der Waals surface area contributed by atoms with Crippen molar-refractivity contribution in [2.24, 2.45) is 0 Å². The third-order valence-electron chi connectivity index (χ3n) is 3.26. The van der Waals surface area contributed by atoms with Gasteiger partial charge >= 0.3 is 5.97 Å². The first-order chi connectivity index (χ1) is 12.6. The number of esters is 1. The number of hydrogen-bond donors (Lipinski definition) is 1. The maximum absolute atomic E-state index is 13.4. The SMILES string of the molecule is O=C(COC(=O)CCc1nc(-c2cccs2)no1)Nc1ccccc1F. The van der Waals surface area contributed by atoms with Gasteiger partial charge in [0.25, 0.3) is 5.91 Å². The minimum absolute atomic E-state index is 0.0148. The quantitative estimate of drug-likeness (QED) is 0.638. The number of para-hydroxylation sites is 1. The monoisotopic (exact) mass is 375 g/mol. The average Bonchev–Trinajstić information content (AvgIpc) is 3.31. The molecule has 1 aromatic carbocycles. The molecule has 3 rings (SSSR count). The van der Waals surface area contributed by atoms with Crippen LogP contribution >= 0.6 is 11.3 Å². The molecule has 2 aromatic heterocycles. The standard InChI is InChI=1S/C17H14FN3O4S/c18-11-4-1-2-5-12(11)19-14(22)10-24-16(23)8-7-15-20-17(21-25-15)13-6-3-9-26-13/h1-6,9H,7-8,10H2,(H,19,22). The van der Waals surface area contributed by atoms with Gasteiger partial charge in [-0.1, -0.05) is 23.4 Å². The highest BCUT2D eigenvalue weighted by atomic mass is 32.1. The smallest absolute Gasteiger partial charge is 0.306 e. The topological polar surface area (TPSA) is 94.3 Å². The summed E-state index contributed by atoms with van der Waals surface area (Å²) in [6.07, 6.45) is 0.186. The molecule has 3 aromatic rings. The lowest BCUT2D eigenvalue weighted by Gasteiger charge is -2.06. The van der Waals surface area contributed by atoms with Gasteiger partial charge in [-0.3, -0.25) is 9.59 Å². The van der Waals surface area contributed by atoms with Crippen LogP contribution in [0.5, 0.6) is 0 Å². The summed E-state index contributed by atoms with van der Waals surface area (Å²) in [7, 11) is 0. The maximum Gasteiger partial charge on any atom is 0.306 e. The van der Waals surface area contributed by atoms with E-state index >= 15 is 0 Å². The maximum atomic E-state index is 13.4. The van der Waals surface area contributed by atoms with E-state index in [2.05, 4.69) is 15.5 Å². The van der Waals surface area contributed by atoms with Crippen LogP contribution in [0, 0.1) is 5.82 Å². The van der Waals surface area contributed by atoms with Crippen LogP contribution in [0.15, 0.2) is 46.3 Å². The number of carbonyl (C=O) groups is 2. The van der Waals surface area contributed by atoms with Crippen LogP contribution in [0.3, 0.4) is 0 Å². The number of aromatic nitrogens is 2. The number of nitrogens with zero attached hydrogens (tertiary/aromatic N) is 2. The van der Waals surface area contributed by atoms with E-state index in [1.807, 2.05) is 17.5 Å². The van der Waals surface area contributed by atoms with Gasteiger partial charge in [0.2, 0.25) is 11.7 Å². The number of benzene rings is 1. The fourth-order valence-corrected chi connectivity index (χ4v) is 2.69. The van der Waals surface area contributed by atoms with Crippen molar-refractivity contribution >= 4 is 28.9 Å². The summed E-state index contributed by atoms with van der Waals surface area (Å²) in [5.41, 5.74) is 0.0283. The molecule has 2 heterocycles. The fourth-order valence-electron chi connectivity index (χ4n) is 2.04.